The molecule has 1 unspecified atom stereocenters. The number of hydrogen-bond donors (Lipinski definition) is 1. The van der Waals surface area contributed by atoms with E-state index in [-0.39, 0.29) is 18.3 Å². The first kappa shape index (κ1) is 13.5. The van der Waals surface area contributed by atoms with Gasteiger partial charge in [0.2, 0.25) is 0 Å². The van der Waals surface area contributed by atoms with Crippen molar-refractivity contribution < 1.29 is 9.90 Å². The van der Waals surface area contributed by atoms with Gasteiger partial charge >= 0.3 is 0 Å². The van der Waals surface area contributed by atoms with Crippen LogP contribution in [-0.2, 0) is 0 Å². The van der Waals surface area contributed by atoms with Crippen LogP contribution in [0.3, 0.4) is 0 Å². The Labute approximate surface area is 112 Å². The molecule has 3 nitrogen and oxygen atoms in total. The summed E-state index contributed by atoms with van der Waals surface area (Å²) < 4.78 is 0. The van der Waals surface area contributed by atoms with Gasteiger partial charge in [0, 0.05) is 29.6 Å². The maximum absolute atomic E-state index is 12.4. The molecule has 1 N–H and O–H groups in total. The van der Waals surface area contributed by atoms with E-state index >= 15 is 0 Å². The fraction of sp³-hybridized carbons (Fsp3) is 0.500. The van der Waals surface area contributed by atoms with Crippen molar-refractivity contribution in [2.75, 3.05) is 26.2 Å². The van der Waals surface area contributed by atoms with Crippen LogP contribution < -0.4 is 0 Å². The standard InChI is InChI=1S/C14H18ClNO2/c15-13-5-1-3-11(9-13)14(18)12-4-2-6-16(10-12)7-8-17/h1,3,5,9,12,17H,2,4,6-8,10H2. The van der Waals surface area contributed by atoms with Gasteiger partial charge in [0.05, 0.1) is 6.61 Å². The molecule has 1 fully saturated rings. The number of halogens is 1. The molecular formula is C14H18ClNO2. The van der Waals surface area contributed by atoms with E-state index in [0.29, 0.717) is 17.1 Å². The van der Waals surface area contributed by atoms with Gasteiger partial charge in [-0.3, -0.25) is 4.79 Å². The zero-order valence-electron chi connectivity index (χ0n) is 10.3. The first-order valence-corrected chi connectivity index (χ1v) is 6.71. The van der Waals surface area contributed by atoms with Gasteiger partial charge in [-0.15, -0.1) is 0 Å². The number of hydrogen-bond acceptors (Lipinski definition) is 3. The summed E-state index contributed by atoms with van der Waals surface area (Å²) >= 11 is 5.91. The molecule has 4 heteroatoms. The molecule has 1 atom stereocenters. The second kappa shape index (κ2) is 6.32. The molecule has 0 saturated carbocycles. The monoisotopic (exact) mass is 267 g/mol. The van der Waals surface area contributed by atoms with Crippen molar-refractivity contribution in [3.63, 3.8) is 0 Å². The number of carbonyl (C=O) groups excluding carboxylic acids is 1. The van der Waals surface area contributed by atoms with Crippen molar-refractivity contribution in [3.8, 4) is 0 Å². The second-order valence-corrected chi connectivity index (χ2v) is 5.17. The average molecular weight is 268 g/mol. The lowest BCUT2D eigenvalue weighted by molar-refractivity contribution is 0.0794. The van der Waals surface area contributed by atoms with Gasteiger partial charge < -0.3 is 10.0 Å². The van der Waals surface area contributed by atoms with Crippen LogP contribution in [0, 0.1) is 5.92 Å². The van der Waals surface area contributed by atoms with Crippen molar-refractivity contribution in [1.82, 2.24) is 4.90 Å². The molecule has 0 aromatic heterocycles. The number of aliphatic hydroxyl groups is 1. The molecule has 18 heavy (non-hydrogen) atoms. The van der Waals surface area contributed by atoms with Crippen LogP contribution in [-0.4, -0.2) is 42.0 Å². The Hall–Kier alpha value is -0.900. The van der Waals surface area contributed by atoms with E-state index in [2.05, 4.69) is 4.90 Å². The Morgan fingerprint density at radius 1 is 1.50 bits per heavy atom. The van der Waals surface area contributed by atoms with Crippen LogP contribution in [0.1, 0.15) is 23.2 Å². The van der Waals surface area contributed by atoms with Gasteiger partial charge in [0.15, 0.2) is 5.78 Å². The van der Waals surface area contributed by atoms with E-state index in [9.17, 15) is 4.79 Å². The zero-order chi connectivity index (χ0) is 13.0. The molecule has 0 spiro atoms. The molecule has 1 aromatic rings. The van der Waals surface area contributed by atoms with Crippen molar-refractivity contribution in [2.45, 2.75) is 12.8 Å². The Bertz CT molecular complexity index is 420. The summed E-state index contributed by atoms with van der Waals surface area (Å²) in [5.74, 6) is 0.198. The molecule has 1 saturated heterocycles. The molecular weight excluding hydrogens is 250 g/mol. The molecule has 1 aliphatic heterocycles. The maximum atomic E-state index is 12.4. The molecule has 0 radical (unpaired) electrons. The fourth-order valence-electron chi connectivity index (χ4n) is 2.49. The third-order valence-corrected chi connectivity index (χ3v) is 3.64. The molecule has 2 rings (SSSR count). The Morgan fingerprint density at radius 3 is 3.06 bits per heavy atom. The normalized spacial score (nSPS) is 20.9. The van der Waals surface area contributed by atoms with E-state index in [1.165, 1.54) is 0 Å². The fourth-order valence-corrected chi connectivity index (χ4v) is 2.68. The lowest BCUT2D eigenvalue weighted by atomic mass is 9.90. The first-order valence-electron chi connectivity index (χ1n) is 6.33. The number of piperidine rings is 1. The summed E-state index contributed by atoms with van der Waals surface area (Å²) in [5.41, 5.74) is 0.693. The van der Waals surface area contributed by atoms with E-state index in [0.717, 1.165) is 25.9 Å². The number of aliphatic hydroxyl groups excluding tert-OH is 1. The molecule has 1 aromatic carbocycles. The van der Waals surface area contributed by atoms with E-state index in [1.807, 2.05) is 12.1 Å². The number of benzene rings is 1. The molecule has 98 valence electrons. The maximum Gasteiger partial charge on any atom is 0.167 e. The topological polar surface area (TPSA) is 40.5 Å². The van der Waals surface area contributed by atoms with Gasteiger partial charge in [-0.05, 0) is 31.5 Å². The van der Waals surface area contributed by atoms with Gasteiger partial charge in [0.1, 0.15) is 0 Å². The number of β-amino-alcohol motifs (C(OH)–C–C–N with tert-alkyl or cyclic N) is 1. The Morgan fingerprint density at radius 2 is 2.33 bits per heavy atom. The first-order chi connectivity index (χ1) is 8.70. The number of ketones is 1. The highest BCUT2D eigenvalue weighted by Crippen LogP contribution is 2.22. The number of likely N-dealkylation sites (tertiary alicyclic amines) is 1. The summed E-state index contributed by atoms with van der Waals surface area (Å²) in [4.78, 5) is 14.5. The molecule has 0 bridgehead atoms. The highest BCUT2D eigenvalue weighted by molar-refractivity contribution is 6.31. The van der Waals surface area contributed by atoms with Gasteiger partial charge in [-0.25, -0.2) is 0 Å². The minimum absolute atomic E-state index is 0.0313. The number of rotatable bonds is 4. The number of carbonyl (C=O) groups is 1. The van der Waals surface area contributed by atoms with Crippen LogP contribution >= 0.6 is 11.6 Å². The molecule has 1 aliphatic rings. The highest BCUT2D eigenvalue weighted by atomic mass is 35.5. The van der Waals surface area contributed by atoms with Crippen molar-refractivity contribution in [2.24, 2.45) is 5.92 Å². The molecule has 0 amide bonds. The highest BCUT2D eigenvalue weighted by Gasteiger charge is 2.26. The smallest absolute Gasteiger partial charge is 0.167 e. The van der Waals surface area contributed by atoms with Crippen LogP contribution in [0.15, 0.2) is 24.3 Å². The minimum atomic E-state index is 0.0313. The Kier molecular flexibility index (Phi) is 4.75. The summed E-state index contributed by atoms with van der Waals surface area (Å²) in [6.07, 6.45) is 1.93. The molecule has 1 heterocycles. The number of Topliss-reactive ketones (excluding diaryl/α,β-unsaturated/α-hetero) is 1. The van der Waals surface area contributed by atoms with Crippen molar-refractivity contribution in [1.29, 1.82) is 0 Å². The van der Waals surface area contributed by atoms with E-state index in [4.69, 9.17) is 16.7 Å². The quantitative estimate of drug-likeness (QED) is 0.851. The van der Waals surface area contributed by atoms with Crippen LogP contribution in [0.5, 0.6) is 0 Å². The van der Waals surface area contributed by atoms with Crippen molar-refractivity contribution in [3.05, 3.63) is 34.9 Å². The molecule has 0 aliphatic carbocycles. The van der Waals surface area contributed by atoms with E-state index in [1.54, 1.807) is 12.1 Å². The third-order valence-electron chi connectivity index (χ3n) is 3.40. The van der Waals surface area contributed by atoms with E-state index < -0.39 is 0 Å². The van der Waals surface area contributed by atoms with Crippen molar-refractivity contribution >= 4 is 17.4 Å². The Balaban J connectivity index is 2.04. The summed E-state index contributed by atoms with van der Waals surface area (Å²) in [7, 11) is 0. The van der Waals surface area contributed by atoms with Crippen LogP contribution in [0.25, 0.3) is 0 Å². The predicted molar refractivity (Wildman–Crippen MR) is 72.0 cm³/mol. The minimum Gasteiger partial charge on any atom is -0.395 e. The lowest BCUT2D eigenvalue weighted by Gasteiger charge is -2.31. The lowest BCUT2D eigenvalue weighted by Crippen LogP contribution is -2.40. The summed E-state index contributed by atoms with van der Waals surface area (Å²) in [6.45, 7) is 2.52. The second-order valence-electron chi connectivity index (χ2n) is 4.74. The van der Waals surface area contributed by atoms with Crippen LogP contribution in [0.4, 0.5) is 0 Å². The zero-order valence-corrected chi connectivity index (χ0v) is 11.1. The third kappa shape index (κ3) is 3.31. The van der Waals surface area contributed by atoms with Crippen LogP contribution in [0.2, 0.25) is 5.02 Å². The van der Waals surface area contributed by atoms with Gasteiger partial charge in [-0.1, -0.05) is 23.7 Å². The summed E-state index contributed by atoms with van der Waals surface area (Å²) in [5, 5.41) is 9.55. The largest absolute Gasteiger partial charge is 0.395 e. The SMILES string of the molecule is O=C(c1cccc(Cl)c1)C1CCCN(CCO)C1. The predicted octanol–water partition coefficient (Wildman–Crippen LogP) is 2.23. The van der Waals surface area contributed by atoms with Gasteiger partial charge in [-0.2, -0.15) is 0 Å². The average Bonchev–Trinajstić information content (AvgIpc) is 2.39. The summed E-state index contributed by atoms with van der Waals surface area (Å²) in [6, 6.07) is 7.13. The van der Waals surface area contributed by atoms with Gasteiger partial charge in [0.25, 0.3) is 0 Å². The number of nitrogens with zero attached hydrogens (tertiary/aromatic N) is 1.